The second-order valence-electron chi connectivity index (χ2n) is 5.02. The van der Waals surface area contributed by atoms with Gasteiger partial charge in [0.25, 0.3) is 5.91 Å². The normalized spacial score (nSPS) is 16.6. The smallest absolute Gasteiger partial charge is 0.290 e. The number of nitrogens with one attached hydrogen (secondary N) is 1. The number of imidazole rings is 1. The van der Waals surface area contributed by atoms with Crippen molar-refractivity contribution < 1.29 is 4.79 Å². The average Bonchev–Trinajstić information content (AvgIpc) is 2.97. The summed E-state index contributed by atoms with van der Waals surface area (Å²) < 4.78 is 1.81. The molecular weight excluding hydrogens is 274 g/mol. The Bertz CT molecular complexity index is 661. The third kappa shape index (κ3) is 2.46. The molecule has 1 amide bonds. The van der Waals surface area contributed by atoms with Crippen LogP contribution in [0.1, 0.15) is 29.0 Å². The minimum Gasteiger partial charge on any atom is -0.306 e. The Labute approximate surface area is 121 Å². The van der Waals surface area contributed by atoms with Crippen LogP contribution in [0.3, 0.4) is 0 Å². The first-order valence-corrected chi connectivity index (χ1v) is 7.49. The van der Waals surface area contributed by atoms with Crippen molar-refractivity contribution in [2.75, 3.05) is 20.1 Å². The summed E-state index contributed by atoms with van der Waals surface area (Å²) in [4.78, 5) is 19.7. The lowest BCUT2D eigenvalue weighted by atomic mass is 10.1. The Morgan fingerprint density at radius 2 is 2.20 bits per heavy atom. The van der Waals surface area contributed by atoms with Crippen molar-refractivity contribution in [1.29, 1.82) is 0 Å². The highest BCUT2D eigenvalue weighted by Crippen LogP contribution is 2.16. The summed E-state index contributed by atoms with van der Waals surface area (Å²) in [5.41, 5.74) is 5.02. The maximum absolute atomic E-state index is 12.3. The van der Waals surface area contributed by atoms with Gasteiger partial charge in [-0.3, -0.25) is 9.20 Å². The topological polar surface area (TPSA) is 62.0 Å². The van der Waals surface area contributed by atoms with E-state index in [0.29, 0.717) is 5.69 Å². The number of carbonyl (C=O) groups excluding carboxylic acids is 1. The summed E-state index contributed by atoms with van der Waals surface area (Å²) in [5, 5.41) is 6.18. The number of nitrogens with zero attached hydrogens (tertiary/aromatic N) is 4. The van der Waals surface area contributed by atoms with Gasteiger partial charge in [-0.25, -0.2) is 10.4 Å². The highest BCUT2D eigenvalue weighted by molar-refractivity contribution is 7.15. The lowest BCUT2D eigenvalue weighted by Crippen LogP contribution is -2.32. The molecule has 3 rings (SSSR count). The van der Waals surface area contributed by atoms with Crippen molar-refractivity contribution in [2.45, 2.75) is 19.8 Å². The summed E-state index contributed by atoms with van der Waals surface area (Å²) in [7, 11) is 2.10. The Kier molecular flexibility index (Phi) is 3.54. The van der Waals surface area contributed by atoms with Gasteiger partial charge in [0.1, 0.15) is 5.69 Å². The molecule has 0 unspecified atom stereocenters. The van der Waals surface area contributed by atoms with Gasteiger partial charge in [-0.2, -0.15) is 5.10 Å². The van der Waals surface area contributed by atoms with E-state index in [2.05, 4.69) is 27.5 Å². The number of amides is 1. The number of rotatable bonds is 2. The van der Waals surface area contributed by atoms with Crippen LogP contribution < -0.4 is 5.43 Å². The van der Waals surface area contributed by atoms with Crippen molar-refractivity contribution >= 4 is 27.9 Å². The molecule has 0 aromatic carbocycles. The Morgan fingerprint density at radius 1 is 1.45 bits per heavy atom. The number of aryl methyl sites for hydroxylation is 1. The van der Waals surface area contributed by atoms with Crippen LogP contribution in [0, 0.1) is 6.92 Å². The summed E-state index contributed by atoms with van der Waals surface area (Å²) >= 11 is 1.52. The molecule has 0 saturated carbocycles. The molecule has 1 saturated heterocycles. The highest BCUT2D eigenvalue weighted by atomic mass is 32.1. The van der Waals surface area contributed by atoms with E-state index in [0.717, 1.165) is 42.3 Å². The highest BCUT2D eigenvalue weighted by Gasteiger charge is 2.17. The first-order valence-electron chi connectivity index (χ1n) is 6.61. The average molecular weight is 291 g/mol. The molecule has 7 heteroatoms. The zero-order valence-electron chi connectivity index (χ0n) is 11.6. The second-order valence-corrected chi connectivity index (χ2v) is 5.90. The number of aromatic nitrogens is 2. The monoisotopic (exact) mass is 291 g/mol. The molecule has 1 aliphatic rings. The first-order chi connectivity index (χ1) is 9.65. The molecule has 0 atom stereocenters. The number of hydrogen-bond donors (Lipinski definition) is 1. The van der Waals surface area contributed by atoms with E-state index in [1.807, 2.05) is 22.9 Å². The third-order valence-electron chi connectivity index (χ3n) is 3.53. The fraction of sp³-hybridized carbons (Fsp3) is 0.462. The molecule has 106 valence electrons. The molecular formula is C13H17N5OS. The quantitative estimate of drug-likeness (QED) is 0.853. The predicted octanol–water partition coefficient (Wildman–Crippen LogP) is 1.52. The summed E-state index contributed by atoms with van der Waals surface area (Å²) in [6.07, 6.45) is 3.68. The van der Waals surface area contributed by atoms with E-state index in [9.17, 15) is 4.79 Å². The van der Waals surface area contributed by atoms with Gasteiger partial charge >= 0.3 is 0 Å². The van der Waals surface area contributed by atoms with Crippen LogP contribution in [0.2, 0.25) is 0 Å². The van der Waals surface area contributed by atoms with Crippen molar-refractivity contribution in [3.8, 4) is 0 Å². The Hall–Kier alpha value is -1.73. The van der Waals surface area contributed by atoms with Crippen molar-refractivity contribution in [3.05, 3.63) is 23.0 Å². The maximum atomic E-state index is 12.3. The molecule has 20 heavy (non-hydrogen) atoms. The molecule has 6 nitrogen and oxygen atoms in total. The molecule has 0 bridgehead atoms. The zero-order valence-corrected chi connectivity index (χ0v) is 12.4. The molecule has 1 N–H and O–H groups in total. The third-order valence-corrected chi connectivity index (χ3v) is 4.29. The van der Waals surface area contributed by atoms with Crippen LogP contribution in [0.5, 0.6) is 0 Å². The van der Waals surface area contributed by atoms with Gasteiger partial charge in [0, 0.05) is 43.2 Å². The van der Waals surface area contributed by atoms with Crippen LogP contribution in [0.15, 0.2) is 16.7 Å². The van der Waals surface area contributed by atoms with Gasteiger partial charge in [0.15, 0.2) is 4.96 Å². The van der Waals surface area contributed by atoms with E-state index >= 15 is 0 Å². The van der Waals surface area contributed by atoms with E-state index in [1.165, 1.54) is 11.3 Å². The molecule has 1 aliphatic heterocycles. The van der Waals surface area contributed by atoms with Gasteiger partial charge in [-0.1, -0.05) is 0 Å². The number of piperidine rings is 1. The van der Waals surface area contributed by atoms with Crippen molar-refractivity contribution in [1.82, 2.24) is 19.7 Å². The molecule has 2 aromatic rings. The van der Waals surface area contributed by atoms with Gasteiger partial charge in [-0.15, -0.1) is 11.3 Å². The minimum atomic E-state index is -0.195. The zero-order chi connectivity index (χ0) is 14.1. The molecule has 2 aromatic heterocycles. The molecule has 0 aliphatic carbocycles. The predicted molar refractivity (Wildman–Crippen MR) is 79.4 cm³/mol. The standard InChI is InChI=1S/C13H17N5OS/c1-9-11(18-7-8-20-13(18)14-9)12(19)16-15-10-3-5-17(2)6-4-10/h7-8H,3-6H2,1-2H3,(H,16,19). The number of hydrogen-bond acceptors (Lipinski definition) is 5. The van der Waals surface area contributed by atoms with E-state index in [-0.39, 0.29) is 5.91 Å². The van der Waals surface area contributed by atoms with Gasteiger partial charge in [0.2, 0.25) is 0 Å². The summed E-state index contributed by atoms with van der Waals surface area (Å²) in [6, 6.07) is 0. The summed E-state index contributed by atoms with van der Waals surface area (Å²) in [6.45, 7) is 3.84. The van der Waals surface area contributed by atoms with Gasteiger partial charge < -0.3 is 4.90 Å². The largest absolute Gasteiger partial charge is 0.306 e. The SMILES string of the molecule is Cc1nc2sccn2c1C(=O)NN=C1CCN(C)CC1. The number of carbonyl (C=O) groups is 1. The second kappa shape index (κ2) is 5.34. The Morgan fingerprint density at radius 3 is 2.95 bits per heavy atom. The molecule has 3 heterocycles. The van der Waals surface area contributed by atoms with Crippen LogP contribution in [0.25, 0.3) is 4.96 Å². The van der Waals surface area contributed by atoms with Gasteiger partial charge in [0.05, 0.1) is 5.69 Å². The maximum Gasteiger partial charge on any atom is 0.290 e. The molecule has 0 radical (unpaired) electrons. The molecule has 1 fully saturated rings. The van der Waals surface area contributed by atoms with Crippen LogP contribution in [0.4, 0.5) is 0 Å². The van der Waals surface area contributed by atoms with Crippen LogP contribution in [-0.4, -0.2) is 46.0 Å². The number of fused-ring (bicyclic) bond motifs is 1. The van der Waals surface area contributed by atoms with Crippen molar-refractivity contribution in [3.63, 3.8) is 0 Å². The minimum absolute atomic E-state index is 0.195. The number of thiazole rings is 1. The summed E-state index contributed by atoms with van der Waals surface area (Å²) in [5.74, 6) is -0.195. The first kappa shape index (κ1) is 13.3. The van der Waals surface area contributed by atoms with Crippen molar-refractivity contribution in [2.24, 2.45) is 5.10 Å². The fourth-order valence-electron chi connectivity index (χ4n) is 2.34. The van der Waals surface area contributed by atoms with Crippen LogP contribution in [-0.2, 0) is 0 Å². The number of hydrazone groups is 1. The lowest BCUT2D eigenvalue weighted by Gasteiger charge is -2.22. The fourth-order valence-corrected chi connectivity index (χ4v) is 3.10. The Balaban J connectivity index is 1.75. The van der Waals surface area contributed by atoms with Crippen LogP contribution >= 0.6 is 11.3 Å². The van der Waals surface area contributed by atoms with E-state index < -0.39 is 0 Å². The van der Waals surface area contributed by atoms with Gasteiger partial charge in [-0.05, 0) is 14.0 Å². The van der Waals surface area contributed by atoms with E-state index in [4.69, 9.17) is 0 Å². The lowest BCUT2D eigenvalue weighted by molar-refractivity contribution is 0.0948. The molecule has 0 spiro atoms. The number of likely N-dealkylation sites (tertiary alicyclic amines) is 1. The van der Waals surface area contributed by atoms with E-state index in [1.54, 1.807) is 0 Å².